The number of imidazole rings is 1. The Kier molecular flexibility index (Phi) is 6.41. The lowest BCUT2D eigenvalue weighted by molar-refractivity contribution is -0.384. The number of anilines is 2. The summed E-state index contributed by atoms with van der Waals surface area (Å²) >= 11 is 0. The molecular formula is C24H23N7O5. The summed E-state index contributed by atoms with van der Waals surface area (Å²) in [5, 5.41) is 14.3. The molecule has 1 unspecified atom stereocenters. The molecule has 1 aliphatic rings. The lowest BCUT2D eigenvalue weighted by atomic mass is 10.1. The van der Waals surface area contributed by atoms with Crippen molar-refractivity contribution in [3.05, 3.63) is 70.5 Å². The van der Waals surface area contributed by atoms with Gasteiger partial charge in [-0.15, -0.1) is 0 Å². The number of fused-ring (bicyclic) bond motifs is 1. The molecule has 3 heterocycles. The summed E-state index contributed by atoms with van der Waals surface area (Å²) in [5.41, 5.74) is 8.66. The van der Waals surface area contributed by atoms with Crippen LogP contribution < -0.4 is 11.1 Å². The van der Waals surface area contributed by atoms with E-state index in [-0.39, 0.29) is 24.5 Å². The average Bonchev–Trinajstić information content (AvgIpc) is 3.32. The molecule has 0 aliphatic carbocycles. The topological polar surface area (TPSA) is 160 Å². The predicted molar refractivity (Wildman–Crippen MR) is 130 cm³/mol. The van der Waals surface area contributed by atoms with Gasteiger partial charge in [0, 0.05) is 30.0 Å². The molecule has 2 aromatic carbocycles. The number of nitrogens with zero attached hydrogens (tertiary/aromatic N) is 5. The number of ether oxygens (including phenoxy) is 2. The van der Waals surface area contributed by atoms with Crippen LogP contribution in [0.5, 0.6) is 0 Å². The van der Waals surface area contributed by atoms with Crippen molar-refractivity contribution in [3.8, 4) is 11.3 Å². The molecule has 0 saturated carbocycles. The van der Waals surface area contributed by atoms with Gasteiger partial charge in [0.15, 0.2) is 5.65 Å². The Morgan fingerprint density at radius 2 is 2.08 bits per heavy atom. The summed E-state index contributed by atoms with van der Waals surface area (Å²) in [4.78, 5) is 35.8. The fourth-order valence-corrected chi connectivity index (χ4v) is 4.12. The smallest absolute Gasteiger partial charge is 0.404 e. The highest BCUT2D eigenvalue weighted by molar-refractivity contribution is 5.89. The van der Waals surface area contributed by atoms with Crippen LogP contribution in [0.25, 0.3) is 22.4 Å². The van der Waals surface area contributed by atoms with Gasteiger partial charge in [0.05, 0.1) is 11.3 Å². The van der Waals surface area contributed by atoms with E-state index in [2.05, 4.69) is 10.3 Å². The van der Waals surface area contributed by atoms with Gasteiger partial charge < -0.3 is 20.5 Å². The van der Waals surface area contributed by atoms with Gasteiger partial charge in [-0.25, -0.2) is 14.8 Å². The zero-order chi connectivity index (χ0) is 25.1. The molecule has 3 N–H and O–H groups in total. The van der Waals surface area contributed by atoms with Gasteiger partial charge in [-0.1, -0.05) is 24.3 Å². The van der Waals surface area contributed by atoms with E-state index in [0.29, 0.717) is 29.2 Å². The Hall–Kier alpha value is -4.58. The van der Waals surface area contributed by atoms with Gasteiger partial charge in [-0.2, -0.15) is 4.98 Å². The second kappa shape index (κ2) is 9.96. The zero-order valence-corrected chi connectivity index (χ0v) is 19.2. The Bertz CT molecular complexity index is 1430. The monoisotopic (exact) mass is 489 g/mol. The fourth-order valence-electron chi connectivity index (χ4n) is 4.12. The van der Waals surface area contributed by atoms with E-state index in [9.17, 15) is 14.9 Å². The van der Waals surface area contributed by atoms with Crippen LogP contribution in [0.3, 0.4) is 0 Å². The summed E-state index contributed by atoms with van der Waals surface area (Å²) in [7, 11) is 0. The number of hydrogen-bond donors (Lipinski definition) is 2. The van der Waals surface area contributed by atoms with E-state index in [1.807, 2.05) is 28.8 Å². The molecular weight excluding hydrogens is 466 g/mol. The summed E-state index contributed by atoms with van der Waals surface area (Å²) in [6, 6.07) is 13.4. The number of carbonyl (C=O) groups is 1. The maximum absolute atomic E-state index is 11.2. The molecule has 1 fully saturated rings. The Morgan fingerprint density at radius 1 is 1.22 bits per heavy atom. The van der Waals surface area contributed by atoms with Gasteiger partial charge in [-0.3, -0.25) is 14.7 Å². The summed E-state index contributed by atoms with van der Waals surface area (Å²) in [5.74, 6) is 0.245. The van der Waals surface area contributed by atoms with Gasteiger partial charge >= 0.3 is 6.09 Å². The van der Waals surface area contributed by atoms with E-state index in [1.165, 1.54) is 12.1 Å². The average molecular weight is 489 g/mol. The molecule has 1 aliphatic heterocycles. The molecule has 0 radical (unpaired) electrons. The van der Waals surface area contributed by atoms with E-state index in [4.69, 9.17) is 25.2 Å². The molecule has 184 valence electrons. The van der Waals surface area contributed by atoms with Crippen LogP contribution in [-0.2, 0) is 16.1 Å². The highest BCUT2D eigenvalue weighted by Crippen LogP contribution is 2.32. The number of nitrogens with one attached hydrogen (secondary N) is 1. The lowest BCUT2D eigenvalue weighted by Crippen LogP contribution is -2.18. The predicted octanol–water partition coefficient (Wildman–Crippen LogP) is 4.44. The van der Waals surface area contributed by atoms with Crippen molar-refractivity contribution >= 4 is 34.6 Å². The van der Waals surface area contributed by atoms with Crippen molar-refractivity contribution in [2.24, 2.45) is 5.73 Å². The standard InChI is InChI=1S/C24H23N7O5/c25-23(32)36-13-15-5-3-6-16(11-15)20-21-22(30(14-26-21)19-9-1-2-10-35-19)29-24(28-20)27-17-7-4-8-18(12-17)31(33)34/h3-8,11-12,14,19H,1-2,9-10,13H2,(H2,25,32)(H,27,28,29). The van der Waals surface area contributed by atoms with Gasteiger partial charge in [0.2, 0.25) is 5.95 Å². The van der Waals surface area contributed by atoms with Crippen LogP contribution in [-0.4, -0.2) is 37.1 Å². The lowest BCUT2D eigenvalue weighted by Gasteiger charge is -2.24. The number of nitro groups is 1. The van der Waals surface area contributed by atoms with Crippen LogP contribution >= 0.6 is 0 Å². The molecule has 12 nitrogen and oxygen atoms in total. The number of primary amides is 1. The molecule has 2 aromatic heterocycles. The van der Waals surface area contributed by atoms with Crippen LogP contribution in [0.2, 0.25) is 0 Å². The highest BCUT2D eigenvalue weighted by atomic mass is 16.6. The van der Waals surface area contributed by atoms with E-state index < -0.39 is 11.0 Å². The minimum Gasteiger partial charge on any atom is -0.445 e. The molecule has 5 rings (SSSR count). The molecule has 0 bridgehead atoms. The summed E-state index contributed by atoms with van der Waals surface area (Å²) in [6.45, 7) is 0.670. The van der Waals surface area contributed by atoms with Gasteiger partial charge in [-0.05, 0) is 37.0 Å². The van der Waals surface area contributed by atoms with Crippen molar-refractivity contribution in [1.82, 2.24) is 19.5 Å². The zero-order valence-electron chi connectivity index (χ0n) is 19.2. The number of rotatable bonds is 7. The normalized spacial score (nSPS) is 15.5. The van der Waals surface area contributed by atoms with Crippen LogP contribution in [0.4, 0.5) is 22.1 Å². The van der Waals surface area contributed by atoms with Crippen molar-refractivity contribution in [3.63, 3.8) is 0 Å². The number of carbonyl (C=O) groups excluding carboxylic acids is 1. The first kappa shape index (κ1) is 23.2. The maximum atomic E-state index is 11.2. The second-order valence-corrected chi connectivity index (χ2v) is 8.28. The molecule has 1 amide bonds. The molecule has 1 saturated heterocycles. The number of nitro benzene ring substituents is 1. The van der Waals surface area contributed by atoms with Crippen LogP contribution in [0, 0.1) is 10.1 Å². The van der Waals surface area contributed by atoms with E-state index >= 15 is 0 Å². The Balaban J connectivity index is 1.60. The minimum atomic E-state index is -0.862. The number of non-ortho nitro benzene ring substituents is 1. The highest BCUT2D eigenvalue weighted by Gasteiger charge is 2.22. The number of hydrogen-bond acceptors (Lipinski definition) is 9. The first-order chi connectivity index (χ1) is 17.5. The van der Waals surface area contributed by atoms with Crippen LogP contribution in [0.15, 0.2) is 54.9 Å². The van der Waals surface area contributed by atoms with Crippen molar-refractivity contribution in [2.75, 3.05) is 11.9 Å². The van der Waals surface area contributed by atoms with Crippen molar-refractivity contribution < 1.29 is 19.2 Å². The Labute approximate surface area is 205 Å². The second-order valence-electron chi connectivity index (χ2n) is 8.28. The van der Waals surface area contributed by atoms with E-state index in [0.717, 1.165) is 30.4 Å². The molecule has 4 aromatic rings. The summed E-state index contributed by atoms with van der Waals surface area (Å²) < 4.78 is 12.8. The van der Waals surface area contributed by atoms with Gasteiger partial charge in [0.1, 0.15) is 24.0 Å². The SMILES string of the molecule is NC(=O)OCc1cccc(-c2nc(Nc3cccc([N+](=O)[O-])c3)nc3c2ncn3C2CCCCO2)c1. The van der Waals surface area contributed by atoms with Crippen molar-refractivity contribution in [2.45, 2.75) is 32.1 Å². The molecule has 0 spiro atoms. The van der Waals surface area contributed by atoms with E-state index in [1.54, 1.807) is 18.5 Å². The third kappa shape index (κ3) is 4.93. The largest absolute Gasteiger partial charge is 0.445 e. The van der Waals surface area contributed by atoms with Crippen LogP contribution in [0.1, 0.15) is 31.1 Å². The number of aromatic nitrogens is 4. The Morgan fingerprint density at radius 3 is 2.86 bits per heavy atom. The molecule has 1 atom stereocenters. The quantitative estimate of drug-likeness (QED) is 0.282. The minimum absolute atomic E-state index is 0.0144. The number of nitrogens with two attached hydrogens (primary N) is 1. The number of amides is 1. The summed E-state index contributed by atoms with van der Waals surface area (Å²) in [6.07, 6.45) is 3.49. The molecule has 36 heavy (non-hydrogen) atoms. The third-order valence-electron chi connectivity index (χ3n) is 5.78. The van der Waals surface area contributed by atoms with Crippen molar-refractivity contribution in [1.29, 1.82) is 0 Å². The number of benzene rings is 2. The van der Waals surface area contributed by atoms with Gasteiger partial charge in [0.25, 0.3) is 5.69 Å². The maximum Gasteiger partial charge on any atom is 0.404 e. The first-order valence-corrected chi connectivity index (χ1v) is 11.4. The fraction of sp³-hybridized carbons (Fsp3) is 0.250. The third-order valence-corrected chi connectivity index (χ3v) is 5.78. The molecule has 12 heteroatoms. The first-order valence-electron chi connectivity index (χ1n) is 11.4.